The van der Waals surface area contributed by atoms with Crippen molar-refractivity contribution in [2.75, 3.05) is 66.1 Å². The van der Waals surface area contributed by atoms with Crippen LogP contribution in [0.2, 0.25) is 0 Å². The second-order valence-electron chi connectivity index (χ2n) is 6.67. The number of rotatable bonds is 4. The van der Waals surface area contributed by atoms with Crippen LogP contribution in [0.15, 0.2) is 4.99 Å². The minimum absolute atomic E-state index is 0.391. The highest BCUT2D eigenvalue weighted by molar-refractivity contribution is 5.80. The maximum Gasteiger partial charge on any atom is 0.403 e. The van der Waals surface area contributed by atoms with Gasteiger partial charge in [-0.15, -0.1) is 0 Å². The fourth-order valence-electron chi connectivity index (χ4n) is 3.27. The van der Waals surface area contributed by atoms with Crippen LogP contribution < -0.4 is 5.32 Å². The van der Waals surface area contributed by atoms with Crippen molar-refractivity contribution in [1.82, 2.24) is 20.0 Å². The molecule has 0 bridgehead atoms. The lowest BCUT2D eigenvalue weighted by atomic mass is 10.2. The Labute approximate surface area is 148 Å². The largest absolute Gasteiger partial charge is 0.403 e. The van der Waals surface area contributed by atoms with Crippen LogP contribution in [0.1, 0.15) is 13.8 Å². The first-order valence-corrected chi connectivity index (χ1v) is 8.91. The van der Waals surface area contributed by atoms with E-state index in [0.717, 1.165) is 38.8 Å². The molecule has 0 aromatic carbocycles. The van der Waals surface area contributed by atoms with Crippen LogP contribution in [0, 0.1) is 0 Å². The van der Waals surface area contributed by atoms with Crippen LogP contribution in [0.4, 0.5) is 13.2 Å². The number of hydrogen-bond donors (Lipinski definition) is 1. The van der Waals surface area contributed by atoms with Gasteiger partial charge in [0.2, 0.25) is 0 Å². The number of piperazine rings is 1. The van der Waals surface area contributed by atoms with Crippen molar-refractivity contribution in [2.45, 2.75) is 32.1 Å². The molecule has 25 heavy (non-hydrogen) atoms. The maximum atomic E-state index is 12.8. The van der Waals surface area contributed by atoms with E-state index in [1.165, 1.54) is 11.8 Å². The predicted octanol–water partition coefficient (Wildman–Crippen LogP) is 0.851. The Morgan fingerprint density at radius 2 is 1.92 bits per heavy atom. The van der Waals surface area contributed by atoms with Crippen LogP contribution in [-0.4, -0.2) is 105 Å². The molecule has 0 radical (unpaired) electrons. The second-order valence-corrected chi connectivity index (χ2v) is 6.67. The fourth-order valence-corrected chi connectivity index (χ4v) is 3.27. The van der Waals surface area contributed by atoms with E-state index in [1.54, 1.807) is 7.05 Å². The van der Waals surface area contributed by atoms with Gasteiger partial charge in [0.15, 0.2) is 5.96 Å². The highest BCUT2D eigenvalue weighted by Crippen LogP contribution is 2.25. The zero-order valence-electron chi connectivity index (χ0n) is 15.3. The Hall–Kier alpha value is -1.06. The number of nitrogens with zero attached hydrogens (tertiary/aromatic N) is 4. The third-order valence-electron chi connectivity index (χ3n) is 5.03. The van der Waals surface area contributed by atoms with Gasteiger partial charge >= 0.3 is 6.18 Å². The molecule has 0 amide bonds. The summed E-state index contributed by atoms with van der Waals surface area (Å²) in [6, 6.07) is -0.989. The molecule has 0 saturated carbocycles. The molecule has 2 fully saturated rings. The molecule has 0 aromatic rings. The first kappa shape index (κ1) is 20.3. The molecule has 2 aliphatic heterocycles. The van der Waals surface area contributed by atoms with E-state index in [2.05, 4.69) is 22.1 Å². The zero-order valence-corrected chi connectivity index (χ0v) is 15.3. The van der Waals surface area contributed by atoms with E-state index in [9.17, 15) is 13.2 Å². The Bertz CT molecular complexity index is 438. The SMILES string of the molecule is CN=C(NCCN1CCOCC1C)N1CCN(C(C)C(F)(F)F)CC1. The maximum absolute atomic E-state index is 12.8. The molecule has 0 aliphatic carbocycles. The lowest BCUT2D eigenvalue weighted by Gasteiger charge is -2.40. The van der Waals surface area contributed by atoms with Gasteiger partial charge in [-0.1, -0.05) is 0 Å². The van der Waals surface area contributed by atoms with Crippen molar-refractivity contribution in [3.8, 4) is 0 Å². The summed E-state index contributed by atoms with van der Waals surface area (Å²) in [5.41, 5.74) is 0. The molecule has 146 valence electrons. The Morgan fingerprint density at radius 3 is 2.48 bits per heavy atom. The second kappa shape index (κ2) is 9.05. The van der Waals surface area contributed by atoms with Crippen molar-refractivity contribution in [2.24, 2.45) is 4.99 Å². The summed E-state index contributed by atoms with van der Waals surface area (Å²) in [7, 11) is 1.71. The van der Waals surface area contributed by atoms with Gasteiger partial charge in [-0.2, -0.15) is 13.2 Å². The highest BCUT2D eigenvalue weighted by Gasteiger charge is 2.41. The van der Waals surface area contributed by atoms with E-state index in [0.29, 0.717) is 32.2 Å². The smallest absolute Gasteiger partial charge is 0.379 e. The van der Waals surface area contributed by atoms with E-state index in [-0.39, 0.29) is 0 Å². The van der Waals surface area contributed by atoms with Gasteiger partial charge in [0, 0.05) is 58.9 Å². The van der Waals surface area contributed by atoms with E-state index < -0.39 is 12.2 Å². The van der Waals surface area contributed by atoms with Crippen LogP contribution in [-0.2, 0) is 4.74 Å². The number of ether oxygens (including phenoxy) is 1. The minimum Gasteiger partial charge on any atom is -0.379 e. The highest BCUT2D eigenvalue weighted by atomic mass is 19.4. The fraction of sp³-hybridized carbons (Fsp3) is 0.938. The molecule has 0 aromatic heterocycles. The molecule has 2 saturated heterocycles. The average molecular weight is 365 g/mol. The lowest BCUT2D eigenvalue weighted by molar-refractivity contribution is -0.181. The van der Waals surface area contributed by atoms with Crippen molar-refractivity contribution >= 4 is 5.96 Å². The van der Waals surface area contributed by atoms with Crippen LogP contribution in [0.5, 0.6) is 0 Å². The number of guanidine groups is 1. The molecule has 6 nitrogen and oxygen atoms in total. The van der Waals surface area contributed by atoms with Gasteiger partial charge in [-0.05, 0) is 13.8 Å². The molecule has 2 heterocycles. The topological polar surface area (TPSA) is 43.3 Å². The number of hydrogen-bond acceptors (Lipinski definition) is 4. The van der Waals surface area contributed by atoms with Crippen molar-refractivity contribution in [3.63, 3.8) is 0 Å². The van der Waals surface area contributed by atoms with Crippen molar-refractivity contribution < 1.29 is 17.9 Å². The number of nitrogens with one attached hydrogen (secondary N) is 1. The van der Waals surface area contributed by atoms with E-state index >= 15 is 0 Å². The third-order valence-corrected chi connectivity index (χ3v) is 5.03. The van der Waals surface area contributed by atoms with E-state index in [4.69, 9.17) is 4.74 Å². The molecular formula is C16H30F3N5O. The predicted molar refractivity (Wildman–Crippen MR) is 91.9 cm³/mol. The normalized spacial score (nSPS) is 25.9. The molecular weight excluding hydrogens is 335 g/mol. The van der Waals surface area contributed by atoms with Crippen molar-refractivity contribution in [3.05, 3.63) is 0 Å². The summed E-state index contributed by atoms with van der Waals surface area (Å²) >= 11 is 0. The molecule has 2 rings (SSSR count). The Kier molecular flexibility index (Phi) is 7.33. The van der Waals surface area contributed by atoms with Crippen molar-refractivity contribution in [1.29, 1.82) is 0 Å². The number of morpholine rings is 1. The van der Waals surface area contributed by atoms with Gasteiger partial charge in [0.05, 0.1) is 13.2 Å². The lowest BCUT2D eigenvalue weighted by Crippen LogP contribution is -2.57. The summed E-state index contributed by atoms with van der Waals surface area (Å²) in [5.74, 6) is 0.764. The molecule has 2 aliphatic rings. The number of alkyl halides is 3. The molecule has 9 heteroatoms. The zero-order chi connectivity index (χ0) is 18.4. The van der Waals surface area contributed by atoms with Gasteiger partial charge in [-0.3, -0.25) is 14.8 Å². The first-order chi connectivity index (χ1) is 11.8. The van der Waals surface area contributed by atoms with Gasteiger partial charge < -0.3 is 15.0 Å². The van der Waals surface area contributed by atoms with E-state index in [1.807, 2.05) is 4.90 Å². The number of aliphatic imine (C=N–C) groups is 1. The van der Waals surface area contributed by atoms with Crippen LogP contribution in [0.25, 0.3) is 0 Å². The third kappa shape index (κ3) is 5.72. The van der Waals surface area contributed by atoms with Gasteiger partial charge in [0.25, 0.3) is 0 Å². The Balaban J connectivity index is 1.75. The molecule has 0 spiro atoms. The quantitative estimate of drug-likeness (QED) is 0.591. The summed E-state index contributed by atoms with van der Waals surface area (Å²) in [6.45, 7) is 9.36. The monoisotopic (exact) mass is 365 g/mol. The molecule has 1 N–H and O–H groups in total. The first-order valence-electron chi connectivity index (χ1n) is 8.91. The standard InChI is InChI=1S/C16H30F3N5O/c1-13-12-25-11-10-22(13)5-4-21-15(20-3)24-8-6-23(7-9-24)14(2)16(17,18)19/h13-14H,4-12H2,1-3H3,(H,20,21). The van der Waals surface area contributed by atoms with Gasteiger partial charge in [-0.25, -0.2) is 0 Å². The summed E-state index contributed by atoms with van der Waals surface area (Å²) in [5, 5.41) is 3.33. The summed E-state index contributed by atoms with van der Waals surface area (Å²) in [6.07, 6.45) is -4.17. The summed E-state index contributed by atoms with van der Waals surface area (Å²) in [4.78, 5) is 10.2. The molecule has 2 unspecified atom stereocenters. The number of halogens is 3. The molecule has 2 atom stereocenters. The van der Waals surface area contributed by atoms with Crippen LogP contribution >= 0.6 is 0 Å². The van der Waals surface area contributed by atoms with Gasteiger partial charge in [0.1, 0.15) is 6.04 Å². The van der Waals surface area contributed by atoms with Crippen LogP contribution in [0.3, 0.4) is 0 Å². The Morgan fingerprint density at radius 1 is 1.24 bits per heavy atom. The minimum atomic E-state index is -4.17. The summed E-state index contributed by atoms with van der Waals surface area (Å²) < 4.78 is 43.9. The average Bonchev–Trinajstić information content (AvgIpc) is 2.59.